The van der Waals surface area contributed by atoms with Gasteiger partial charge in [0, 0.05) is 22.2 Å². The van der Waals surface area contributed by atoms with Crippen LogP contribution in [0.3, 0.4) is 0 Å². The molecule has 1 aliphatic heterocycles. The highest BCUT2D eigenvalue weighted by molar-refractivity contribution is 9.10. The van der Waals surface area contributed by atoms with E-state index in [0.29, 0.717) is 37.3 Å². The molecule has 1 heterocycles. The summed E-state index contributed by atoms with van der Waals surface area (Å²) in [6.45, 7) is 0.371. The first-order valence-electron chi connectivity index (χ1n) is 11.6. The molecule has 0 aromatic heterocycles. The van der Waals surface area contributed by atoms with Crippen LogP contribution >= 0.6 is 39.1 Å². The van der Waals surface area contributed by atoms with Gasteiger partial charge in [0.05, 0.1) is 17.3 Å². The molecule has 5 rings (SSSR count). The van der Waals surface area contributed by atoms with E-state index in [1.54, 1.807) is 48.5 Å². The molecular weight excluding hydrogens is 611 g/mol. The number of sulfonamides is 1. The van der Waals surface area contributed by atoms with E-state index in [9.17, 15) is 8.42 Å². The van der Waals surface area contributed by atoms with Gasteiger partial charge in [0.15, 0.2) is 11.5 Å². The third kappa shape index (κ3) is 5.37. The van der Waals surface area contributed by atoms with E-state index >= 15 is 0 Å². The molecule has 0 bridgehead atoms. The molecule has 0 spiro atoms. The summed E-state index contributed by atoms with van der Waals surface area (Å²) in [5.41, 5.74) is 2.85. The summed E-state index contributed by atoms with van der Waals surface area (Å²) in [5, 5.41) is 4.44. The molecular formula is C28H23BrCl2N2O4S. The van der Waals surface area contributed by atoms with Crippen LogP contribution < -0.4 is 14.8 Å². The van der Waals surface area contributed by atoms with E-state index < -0.39 is 16.2 Å². The molecule has 0 saturated carbocycles. The number of rotatable bonds is 7. The number of halogens is 3. The molecule has 4 aromatic carbocycles. The second kappa shape index (κ2) is 11.2. The smallest absolute Gasteiger partial charge is 0.247 e. The molecule has 1 aliphatic rings. The molecule has 38 heavy (non-hydrogen) atoms. The van der Waals surface area contributed by atoms with Crippen molar-refractivity contribution in [1.82, 2.24) is 4.31 Å². The molecule has 6 nitrogen and oxygen atoms in total. The van der Waals surface area contributed by atoms with Gasteiger partial charge in [-0.2, -0.15) is 4.31 Å². The zero-order valence-electron chi connectivity index (χ0n) is 20.2. The lowest BCUT2D eigenvalue weighted by Crippen LogP contribution is -2.42. The van der Waals surface area contributed by atoms with E-state index in [0.717, 1.165) is 11.1 Å². The van der Waals surface area contributed by atoms with Gasteiger partial charge < -0.3 is 14.8 Å². The minimum atomic E-state index is -3.82. The molecule has 1 N–H and O–H groups in total. The summed E-state index contributed by atoms with van der Waals surface area (Å²) in [5.74, 6) is 0.910. The standard InChI is InChI=1S/C28H23BrCl2N2O4S/c1-36-25-14-20(13-22(29)27(25)37-17-19-11-12-21(30)15-23(19)31)28-32-24-9-5-6-10-26(24)38(34,35)33(28)16-18-7-3-2-4-8-18/h2-15,28,32H,16-17H2,1H3/t28-/m0/s1. The van der Waals surface area contributed by atoms with Crippen LogP contribution in [0.4, 0.5) is 5.69 Å². The fourth-order valence-corrected chi connectivity index (χ4v) is 7.03. The summed E-state index contributed by atoms with van der Waals surface area (Å²) < 4.78 is 41.4. The Kier molecular flexibility index (Phi) is 7.88. The van der Waals surface area contributed by atoms with Gasteiger partial charge in [-0.1, -0.05) is 71.7 Å². The second-order valence-electron chi connectivity index (χ2n) is 8.64. The van der Waals surface area contributed by atoms with Crippen molar-refractivity contribution in [2.45, 2.75) is 24.2 Å². The summed E-state index contributed by atoms with van der Waals surface area (Å²) in [6, 6.07) is 25.2. The van der Waals surface area contributed by atoms with Gasteiger partial charge in [-0.3, -0.25) is 0 Å². The maximum Gasteiger partial charge on any atom is 0.247 e. The summed E-state index contributed by atoms with van der Waals surface area (Å²) >= 11 is 15.9. The Bertz CT molecular complexity index is 1590. The number of methoxy groups -OCH3 is 1. The van der Waals surface area contributed by atoms with Gasteiger partial charge in [0.25, 0.3) is 0 Å². The maximum atomic E-state index is 13.8. The zero-order valence-corrected chi connectivity index (χ0v) is 24.1. The SMILES string of the molecule is COc1cc([C@H]2Nc3ccccc3S(=O)(=O)N2Cc2ccccc2)cc(Br)c1OCc1ccc(Cl)cc1Cl. The van der Waals surface area contributed by atoms with E-state index in [1.807, 2.05) is 36.4 Å². The molecule has 0 aliphatic carbocycles. The van der Waals surface area contributed by atoms with Crippen molar-refractivity contribution in [2.24, 2.45) is 0 Å². The number of para-hydroxylation sites is 1. The van der Waals surface area contributed by atoms with Crippen LogP contribution in [0.25, 0.3) is 0 Å². The molecule has 4 aromatic rings. The quantitative estimate of drug-likeness (QED) is 0.226. The van der Waals surface area contributed by atoms with Crippen molar-refractivity contribution in [3.8, 4) is 11.5 Å². The van der Waals surface area contributed by atoms with Crippen LogP contribution in [0.5, 0.6) is 11.5 Å². The van der Waals surface area contributed by atoms with E-state index in [-0.39, 0.29) is 18.0 Å². The van der Waals surface area contributed by atoms with Crippen LogP contribution in [0.1, 0.15) is 22.9 Å². The van der Waals surface area contributed by atoms with Crippen molar-refractivity contribution in [1.29, 1.82) is 0 Å². The third-order valence-corrected chi connectivity index (χ3v) is 9.23. The van der Waals surface area contributed by atoms with Crippen LogP contribution in [0.15, 0.2) is 94.3 Å². The van der Waals surface area contributed by atoms with Crippen LogP contribution in [-0.2, 0) is 23.2 Å². The van der Waals surface area contributed by atoms with E-state index in [2.05, 4.69) is 21.2 Å². The highest BCUT2D eigenvalue weighted by atomic mass is 79.9. The highest BCUT2D eigenvalue weighted by Crippen LogP contribution is 2.44. The fraction of sp³-hybridized carbons (Fsp3) is 0.143. The Hall–Kier alpha value is -2.75. The maximum absolute atomic E-state index is 13.8. The fourth-order valence-electron chi connectivity index (χ4n) is 4.31. The number of nitrogens with zero attached hydrogens (tertiary/aromatic N) is 1. The lowest BCUT2D eigenvalue weighted by Gasteiger charge is -2.37. The van der Waals surface area contributed by atoms with Crippen LogP contribution in [0, 0.1) is 0 Å². The molecule has 0 saturated heterocycles. The third-order valence-electron chi connectivity index (χ3n) is 6.19. The Morgan fingerprint density at radius 1 is 0.974 bits per heavy atom. The van der Waals surface area contributed by atoms with Crippen molar-refractivity contribution in [2.75, 3.05) is 12.4 Å². The van der Waals surface area contributed by atoms with Crippen molar-refractivity contribution < 1.29 is 17.9 Å². The summed E-state index contributed by atoms with van der Waals surface area (Å²) in [7, 11) is -2.28. The first-order valence-corrected chi connectivity index (χ1v) is 14.6. The van der Waals surface area contributed by atoms with Gasteiger partial charge >= 0.3 is 0 Å². The average molecular weight is 634 g/mol. The minimum Gasteiger partial charge on any atom is -0.493 e. The highest BCUT2D eigenvalue weighted by Gasteiger charge is 2.39. The number of benzene rings is 4. The average Bonchev–Trinajstić information content (AvgIpc) is 2.90. The molecule has 0 fully saturated rings. The monoisotopic (exact) mass is 632 g/mol. The molecule has 0 unspecified atom stereocenters. The molecule has 10 heteroatoms. The lowest BCUT2D eigenvalue weighted by molar-refractivity contribution is 0.281. The molecule has 1 atom stereocenters. The first-order chi connectivity index (χ1) is 18.3. The van der Waals surface area contributed by atoms with Gasteiger partial charge in [-0.15, -0.1) is 0 Å². The van der Waals surface area contributed by atoms with E-state index in [1.165, 1.54) is 11.4 Å². The van der Waals surface area contributed by atoms with Crippen molar-refractivity contribution in [3.05, 3.63) is 116 Å². The number of nitrogens with one attached hydrogen (secondary N) is 1. The number of hydrogen-bond acceptors (Lipinski definition) is 5. The Labute approximate surface area is 240 Å². The number of fused-ring (bicyclic) bond motifs is 1. The summed E-state index contributed by atoms with van der Waals surface area (Å²) in [4.78, 5) is 0.234. The Morgan fingerprint density at radius 2 is 1.71 bits per heavy atom. The predicted molar refractivity (Wildman–Crippen MR) is 153 cm³/mol. The number of anilines is 1. The Morgan fingerprint density at radius 3 is 2.45 bits per heavy atom. The predicted octanol–water partition coefficient (Wildman–Crippen LogP) is 7.66. The lowest BCUT2D eigenvalue weighted by atomic mass is 10.1. The van der Waals surface area contributed by atoms with Gasteiger partial charge in [-0.05, 0) is 63.5 Å². The molecule has 0 radical (unpaired) electrons. The first kappa shape index (κ1) is 26.8. The zero-order chi connectivity index (χ0) is 26.9. The van der Waals surface area contributed by atoms with Crippen molar-refractivity contribution in [3.63, 3.8) is 0 Å². The topological polar surface area (TPSA) is 67.9 Å². The van der Waals surface area contributed by atoms with Gasteiger partial charge in [0.2, 0.25) is 10.0 Å². The van der Waals surface area contributed by atoms with Crippen molar-refractivity contribution >= 4 is 54.8 Å². The minimum absolute atomic E-state index is 0.183. The van der Waals surface area contributed by atoms with Gasteiger partial charge in [-0.25, -0.2) is 8.42 Å². The van der Waals surface area contributed by atoms with E-state index in [4.69, 9.17) is 32.7 Å². The van der Waals surface area contributed by atoms with Gasteiger partial charge in [0.1, 0.15) is 17.7 Å². The largest absolute Gasteiger partial charge is 0.493 e. The Balaban J connectivity index is 1.53. The number of hydrogen-bond donors (Lipinski definition) is 1. The molecule has 0 amide bonds. The normalized spacial score (nSPS) is 16.4. The number of ether oxygens (including phenoxy) is 2. The van der Waals surface area contributed by atoms with Crippen LogP contribution in [0.2, 0.25) is 10.0 Å². The van der Waals surface area contributed by atoms with Crippen LogP contribution in [-0.4, -0.2) is 19.8 Å². The second-order valence-corrected chi connectivity index (χ2v) is 12.2. The molecule has 196 valence electrons. The summed E-state index contributed by atoms with van der Waals surface area (Å²) in [6.07, 6.45) is -0.694.